The van der Waals surface area contributed by atoms with Gasteiger partial charge in [0.25, 0.3) is 0 Å². The van der Waals surface area contributed by atoms with Crippen molar-refractivity contribution in [3.8, 4) is 0 Å². The highest BCUT2D eigenvalue weighted by molar-refractivity contribution is 5.03. The zero-order chi connectivity index (χ0) is 12.5. The van der Waals surface area contributed by atoms with Gasteiger partial charge >= 0.3 is 0 Å². The average molecular weight is 239 g/mol. The Bertz CT molecular complexity index is 299. The van der Waals surface area contributed by atoms with Crippen molar-refractivity contribution in [1.29, 1.82) is 0 Å². The van der Waals surface area contributed by atoms with Gasteiger partial charge in [0.2, 0.25) is 0 Å². The van der Waals surface area contributed by atoms with E-state index in [-0.39, 0.29) is 0 Å². The Morgan fingerprint density at radius 3 is 2.82 bits per heavy atom. The van der Waals surface area contributed by atoms with E-state index in [2.05, 4.69) is 23.5 Å². The van der Waals surface area contributed by atoms with Crippen LogP contribution in [0.3, 0.4) is 0 Å². The van der Waals surface area contributed by atoms with E-state index in [4.69, 9.17) is 4.74 Å². The molecule has 4 nitrogen and oxygen atoms in total. The summed E-state index contributed by atoms with van der Waals surface area (Å²) in [5.74, 6) is 0. The Hall–Kier alpha value is -0.870. The lowest BCUT2D eigenvalue weighted by Gasteiger charge is -2.15. The van der Waals surface area contributed by atoms with Crippen molar-refractivity contribution in [2.24, 2.45) is 7.05 Å². The van der Waals surface area contributed by atoms with E-state index in [1.54, 1.807) is 0 Å². The molecule has 1 unspecified atom stereocenters. The molecular weight excluding hydrogens is 214 g/mol. The van der Waals surface area contributed by atoms with Crippen LogP contribution in [0.5, 0.6) is 0 Å². The van der Waals surface area contributed by atoms with Gasteiger partial charge < -0.3 is 10.1 Å². The first-order valence-electron chi connectivity index (χ1n) is 6.48. The van der Waals surface area contributed by atoms with E-state index in [9.17, 15) is 0 Å². The molecule has 4 heteroatoms. The number of nitrogens with zero attached hydrogens (tertiary/aromatic N) is 2. The van der Waals surface area contributed by atoms with Gasteiger partial charge in [-0.1, -0.05) is 6.92 Å². The van der Waals surface area contributed by atoms with E-state index in [1.807, 2.05) is 25.0 Å². The summed E-state index contributed by atoms with van der Waals surface area (Å²) in [6.07, 6.45) is 8.42. The fraction of sp³-hybridized carbons (Fsp3) is 0.769. The van der Waals surface area contributed by atoms with Crippen LogP contribution in [0.4, 0.5) is 0 Å². The van der Waals surface area contributed by atoms with Crippen molar-refractivity contribution >= 4 is 0 Å². The second-order valence-electron chi connectivity index (χ2n) is 4.45. The molecule has 0 aliphatic carbocycles. The van der Waals surface area contributed by atoms with Gasteiger partial charge in [-0.3, -0.25) is 4.68 Å². The molecular formula is C13H25N3O. The van der Waals surface area contributed by atoms with Gasteiger partial charge in [0, 0.05) is 32.5 Å². The molecule has 1 atom stereocenters. The van der Waals surface area contributed by atoms with Crippen LogP contribution in [0.15, 0.2) is 12.4 Å². The minimum absolute atomic E-state index is 0.534. The number of ether oxygens (including phenoxy) is 1. The van der Waals surface area contributed by atoms with Crippen LogP contribution in [-0.4, -0.2) is 36.1 Å². The third-order valence-electron chi connectivity index (χ3n) is 2.91. The van der Waals surface area contributed by atoms with Crippen LogP contribution in [0.25, 0.3) is 0 Å². The highest BCUT2D eigenvalue weighted by Crippen LogP contribution is 2.06. The first kappa shape index (κ1) is 14.2. The Kier molecular flexibility index (Phi) is 6.89. The summed E-state index contributed by atoms with van der Waals surface area (Å²) in [4.78, 5) is 0. The van der Waals surface area contributed by atoms with Gasteiger partial charge in [-0.15, -0.1) is 0 Å². The Balaban J connectivity index is 2.18. The van der Waals surface area contributed by atoms with Gasteiger partial charge in [0.15, 0.2) is 0 Å². The van der Waals surface area contributed by atoms with Crippen LogP contribution in [0, 0.1) is 0 Å². The lowest BCUT2D eigenvalue weighted by Crippen LogP contribution is -2.27. The maximum Gasteiger partial charge on any atom is 0.0521 e. The standard InChI is InChI=1S/C13H25N3O/c1-4-8-17-9-7-13(14-2)6-5-12-10-15-16(3)11-12/h10-11,13-14H,4-9H2,1-3H3. The quantitative estimate of drug-likeness (QED) is 0.667. The molecule has 0 spiro atoms. The van der Waals surface area contributed by atoms with Crippen molar-refractivity contribution in [3.63, 3.8) is 0 Å². The summed E-state index contributed by atoms with van der Waals surface area (Å²) in [7, 11) is 3.98. The highest BCUT2D eigenvalue weighted by Gasteiger charge is 2.07. The molecule has 1 heterocycles. The van der Waals surface area contributed by atoms with Gasteiger partial charge in [0.05, 0.1) is 6.20 Å². The number of aryl methyl sites for hydroxylation is 2. The van der Waals surface area contributed by atoms with E-state index >= 15 is 0 Å². The summed E-state index contributed by atoms with van der Waals surface area (Å²) in [5, 5.41) is 7.53. The Morgan fingerprint density at radius 1 is 1.41 bits per heavy atom. The van der Waals surface area contributed by atoms with Crippen LogP contribution in [-0.2, 0) is 18.2 Å². The number of hydrogen-bond donors (Lipinski definition) is 1. The van der Waals surface area contributed by atoms with Crippen LogP contribution >= 0.6 is 0 Å². The third-order valence-corrected chi connectivity index (χ3v) is 2.91. The summed E-state index contributed by atoms with van der Waals surface area (Å²) < 4.78 is 7.37. The minimum Gasteiger partial charge on any atom is -0.381 e. The van der Waals surface area contributed by atoms with Crippen LogP contribution < -0.4 is 5.32 Å². The molecule has 0 bridgehead atoms. The van der Waals surface area contributed by atoms with Crippen LogP contribution in [0.2, 0.25) is 0 Å². The Morgan fingerprint density at radius 2 is 2.24 bits per heavy atom. The van der Waals surface area contributed by atoms with Gasteiger partial charge in [-0.2, -0.15) is 5.10 Å². The van der Waals surface area contributed by atoms with E-state index in [0.29, 0.717) is 6.04 Å². The zero-order valence-corrected chi connectivity index (χ0v) is 11.3. The molecule has 0 saturated heterocycles. The molecule has 17 heavy (non-hydrogen) atoms. The molecule has 1 N–H and O–H groups in total. The number of aromatic nitrogens is 2. The largest absolute Gasteiger partial charge is 0.381 e. The van der Waals surface area contributed by atoms with Crippen molar-refractivity contribution in [2.75, 3.05) is 20.3 Å². The predicted molar refractivity (Wildman–Crippen MR) is 70.1 cm³/mol. The van der Waals surface area contributed by atoms with Gasteiger partial charge in [-0.05, 0) is 38.3 Å². The molecule has 1 aromatic rings. The molecule has 1 aromatic heterocycles. The molecule has 1 rings (SSSR count). The van der Waals surface area contributed by atoms with Crippen molar-refractivity contribution in [2.45, 2.75) is 38.6 Å². The number of hydrogen-bond acceptors (Lipinski definition) is 3. The topological polar surface area (TPSA) is 39.1 Å². The summed E-state index contributed by atoms with van der Waals surface area (Å²) in [6, 6.07) is 0.534. The molecule has 0 aliphatic heterocycles. The fourth-order valence-electron chi connectivity index (χ4n) is 1.85. The normalized spacial score (nSPS) is 12.9. The molecule has 0 saturated carbocycles. The van der Waals surface area contributed by atoms with Crippen molar-refractivity contribution < 1.29 is 4.74 Å². The summed E-state index contributed by atoms with van der Waals surface area (Å²) >= 11 is 0. The first-order chi connectivity index (χ1) is 8.26. The SMILES string of the molecule is CCCOCCC(CCc1cnn(C)c1)NC. The van der Waals surface area contributed by atoms with Crippen molar-refractivity contribution in [3.05, 3.63) is 18.0 Å². The monoisotopic (exact) mass is 239 g/mol. The van der Waals surface area contributed by atoms with E-state index in [0.717, 1.165) is 38.9 Å². The lowest BCUT2D eigenvalue weighted by atomic mass is 10.1. The van der Waals surface area contributed by atoms with E-state index in [1.165, 1.54) is 5.56 Å². The molecule has 0 radical (unpaired) electrons. The fourth-order valence-corrected chi connectivity index (χ4v) is 1.85. The van der Waals surface area contributed by atoms with E-state index < -0.39 is 0 Å². The van der Waals surface area contributed by atoms with Gasteiger partial charge in [0.1, 0.15) is 0 Å². The van der Waals surface area contributed by atoms with Crippen LogP contribution in [0.1, 0.15) is 31.7 Å². The zero-order valence-electron chi connectivity index (χ0n) is 11.3. The van der Waals surface area contributed by atoms with Crippen molar-refractivity contribution in [1.82, 2.24) is 15.1 Å². The van der Waals surface area contributed by atoms with Gasteiger partial charge in [-0.25, -0.2) is 0 Å². The Labute approximate surface area is 104 Å². The number of nitrogens with one attached hydrogen (secondary N) is 1. The third kappa shape index (κ3) is 5.84. The molecule has 0 amide bonds. The predicted octanol–water partition coefficient (Wildman–Crippen LogP) is 1.76. The first-order valence-corrected chi connectivity index (χ1v) is 6.48. The lowest BCUT2D eigenvalue weighted by molar-refractivity contribution is 0.124. The highest BCUT2D eigenvalue weighted by atomic mass is 16.5. The second kappa shape index (κ2) is 8.25. The summed E-state index contributed by atoms with van der Waals surface area (Å²) in [6.45, 7) is 3.86. The number of rotatable bonds is 9. The molecule has 98 valence electrons. The average Bonchev–Trinajstić information content (AvgIpc) is 2.74. The minimum atomic E-state index is 0.534. The maximum absolute atomic E-state index is 5.51. The summed E-state index contributed by atoms with van der Waals surface area (Å²) in [5.41, 5.74) is 1.31. The second-order valence-corrected chi connectivity index (χ2v) is 4.45. The smallest absolute Gasteiger partial charge is 0.0521 e. The maximum atomic E-state index is 5.51. The molecule has 0 aliphatic rings. The molecule has 0 fully saturated rings. The molecule has 0 aromatic carbocycles.